The van der Waals surface area contributed by atoms with Gasteiger partial charge in [0.2, 0.25) is 0 Å². The fraction of sp³-hybridized carbons (Fsp3) is 0.286. The lowest BCUT2D eigenvalue weighted by atomic mass is 10.2. The molecule has 0 bridgehead atoms. The smallest absolute Gasteiger partial charge is 0.392 e. The summed E-state index contributed by atoms with van der Waals surface area (Å²) >= 11 is 1.55. The molecule has 0 aliphatic rings. The van der Waals surface area contributed by atoms with Gasteiger partial charge in [0, 0.05) is 21.5 Å². The van der Waals surface area contributed by atoms with Gasteiger partial charge in [0.25, 0.3) is 0 Å². The van der Waals surface area contributed by atoms with Crippen molar-refractivity contribution in [3.05, 3.63) is 27.1 Å². The van der Waals surface area contributed by atoms with Crippen molar-refractivity contribution in [1.29, 1.82) is 0 Å². The van der Waals surface area contributed by atoms with E-state index in [1.54, 1.807) is 22.6 Å². The Balaban J connectivity index is 3.24. The number of rotatable bonds is 1. The summed E-state index contributed by atoms with van der Waals surface area (Å²) in [5, 5.41) is 8.70. The van der Waals surface area contributed by atoms with Crippen molar-refractivity contribution in [3.8, 4) is 0 Å². The van der Waals surface area contributed by atoms with Gasteiger partial charge in [0.15, 0.2) is 0 Å². The van der Waals surface area contributed by atoms with Gasteiger partial charge >= 0.3 is 6.18 Å². The highest BCUT2D eigenvalue weighted by atomic mass is 127. The molecule has 0 atom stereocenters. The van der Waals surface area contributed by atoms with E-state index in [-0.39, 0.29) is 9.13 Å². The van der Waals surface area contributed by atoms with E-state index in [9.17, 15) is 13.2 Å². The second-order valence-corrected chi connectivity index (χ2v) is 3.39. The van der Waals surface area contributed by atoms with Gasteiger partial charge in [-0.2, -0.15) is 13.2 Å². The molecule has 0 unspecified atom stereocenters. The molecule has 0 fully saturated rings. The van der Waals surface area contributed by atoms with Crippen LogP contribution >= 0.6 is 22.6 Å². The summed E-state index contributed by atoms with van der Waals surface area (Å²) in [5.41, 5.74) is -0.616. The zero-order valence-electron chi connectivity index (χ0n) is 6.27. The van der Waals surface area contributed by atoms with Gasteiger partial charge in [-0.25, -0.2) is 0 Å². The Morgan fingerprint density at radius 2 is 2.00 bits per heavy atom. The summed E-state index contributed by atoms with van der Waals surface area (Å²) in [6.07, 6.45) is -2.44. The second kappa shape index (κ2) is 3.79. The first kappa shape index (κ1) is 10.7. The number of aliphatic hydroxyl groups is 1. The minimum Gasteiger partial charge on any atom is -0.392 e. The molecular formula is C7H5F3INO. The molecule has 0 saturated carbocycles. The lowest BCUT2D eigenvalue weighted by molar-refractivity contribution is -0.138. The highest BCUT2D eigenvalue weighted by Gasteiger charge is 2.34. The van der Waals surface area contributed by atoms with Crippen LogP contribution in [0, 0.1) is 3.57 Å². The number of aliphatic hydroxyl groups excluding tert-OH is 1. The number of aromatic nitrogens is 1. The SMILES string of the molecule is OCc1cncc(C(F)(F)F)c1I. The number of pyridine rings is 1. The van der Waals surface area contributed by atoms with Crippen molar-refractivity contribution >= 4 is 22.6 Å². The quantitative estimate of drug-likeness (QED) is 0.807. The van der Waals surface area contributed by atoms with Gasteiger partial charge in [-0.3, -0.25) is 4.98 Å². The zero-order chi connectivity index (χ0) is 10.1. The van der Waals surface area contributed by atoms with Gasteiger partial charge in [-0.05, 0) is 22.6 Å². The van der Waals surface area contributed by atoms with Crippen molar-refractivity contribution in [1.82, 2.24) is 4.98 Å². The minimum absolute atomic E-state index is 0.00241. The predicted octanol–water partition coefficient (Wildman–Crippen LogP) is 2.20. The average Bonchev–Trinajstić information content (AvgIpc) is 2.02. The zero-order valence-corrected chi connectivity index (χ0v) is 8.43. The Labute approximate surface area is 85.9 Å². The molecule has 0 saturated heterocycles. The normalized spacial score (nSPS) is 11.8. The number of hydrogen-bond donors (Lipinski definition) is 1. The molecule has 1 aromatic rings. The lowest BCUT2D eigenvalue weighted by Crippen LogP contribution is -2.10. The fourth-order valence-corrected chi connectivity index (χ4v) is 1.55. The third kappa shape index (κ3) is 2.31. The van der Waals surface area contributed by atoms with Crippen molar-refractivity contribution in [3.63, 3.8) is 0 Å². The van der Waals surface area contributed by atoms with Gasteiger partial charge < -0.3 is 5.11 Å². The first-order valence-electron chi connectivity index (χ1n) is 3.27. The van der Waals surface area contributed by atoms with Crippen molar-refractivity contribution in [2.24, 2.45) is 0 Å². The monoisotopic (exact) mass is 303 g/mol. The predicted molar refractivity (Wildman–Crippen MR) is 47.9 cm³/mol. The largest absolute Gasteiger partial charge is 0.418 e. The summed E-state index contributed by atoms with van der Waals surface area (Å²) in [4.78, 5) is 3.40. The van der Waals surface area contributed by atoms with E-state index in [4.69, 9.17) is 5.11 Å². The molecular weight excluding hydrogens is 298 g/mol. The summed E-state index contributed by atoms with van der Waals surface area (Å²) in [5.74, 6) is 0. The first-order chi connectivity index (χ1) is 5.96. The Bertz CT molecular complexity index is 313. The van der Waals surface area contributed by atoms with Crippen molar-refractivity contribution < 1.29 is 18.3 Å². The molecule has 6 heteroatoms. The van der Waals surface area contributed by atoms with Crippen LogP contribution in [0.25, 0.3) is 0 Å². The maximum absolute atomic E-state index is 12.2. The van der Waals surface area contributed by atoms with Gasteiger partial charge in [0.05, 0.1) is 12.2 Å². The van der Waals surface area contributed by atoms with Crippen molar-refractivity contribution in [2.45, 2.75) is 12.8 Å². The van der Waals surface area contributed by atoms with E-state index in [2.05, 4.69) is 4.98 Å². The Morgan fingerprint density at radius 3 is 2.46 bits per heavy atom. The Morgan fingerprint density at radius 1 is 1.38 bits per heavy atom. The third-order valence-electron chi connectivity index (χ3n) is 1.43. The molecule has 0 aromatic carbocycles. The number of nitrogens with zero attached hydrogens (tertiary/aromatic N) is 1. The van der Waals surface area contributed by atoms with Crippen molar-refractivity contribution in [2.75, 3.05) is 0 Å². The molecule has 0 aliphatic carbocycles. The van der Waals surface area contributed by atoms with Crippen LogP contribution in [0.1, 0.15) is 11.1 Å². The molecule has 1 N–H and O–H groups in total. The molecule has 0 spiro atoms. The van der Waals surface area contributed by atoms with E-state index < -0.39 is 18.3 Å². The number of hydrogen-bond acceptors (Lipinski definition) is 2. The van der Waals surface area contributed by atoms with Gasteiger partial charge in [-0.1, -0.05) is 0 Å². The van der Waals surface area contributed by atoms with E-state index in [0.29, 0.717) is 0 Å². The van der Waals surface area contributed by atoms with Crippen LogP contribution < -0.4 is 0 Å². The first-order valence-corrected chi connectivity index (χ1v) is 4.35. The van der Waals surface area contributed by atoms with E-state index in [1.165, 1.54) is 6.20 Å². The lowest BCUT2D eigenvalue weighted by Gasteiger charge is -2.10. The van der Waals surface area contributed by atoms with E-state index in [1.807, 2.05) is 0 Å². The highest BCUT2D eigenvalue weighted by Crippen LogP contribution is 2.33. The number of alkyl halides is 3. The van der Waals surface area contributed by atoms with Crippen LogP contribution in [0.2, 0.25) is 0 Å². The molecule has 0 radical (unpaired) electrons. The molecule has 0 amide bonds. The maximum Gasteiger partial charge on any atom is 0.418 e. The van der Waals surface area contributed by atoms with Crippen LogP contribution in [0.4, 0.5) is 13.2 Å². The van der Waals surface area contributed by atoms with Crippen LogP contribution in [-0.4, -0.2) is 10.1 Å². The molecule has 1 heterocycles. The standard InChI is InChI=1S/C7H5F3INO/c8-7(9,10)5-2-12-1-4(3-13)6(5)11/h1-2,13H,3H2. The molecule has 13 heavy (non-hydrogen) atoms. The van der Waals surface area contributed by atoms with Crippen LogP contribution in [0.3, 0.4) is 0 Å². The minimum atomic E-state index is -4.41. The summed E-state index contributed by atoms with van der Waals surface area (Å²) < 4.78 is 36.7. The third-order valence-corrected chi connectivity index (χ3v) is 2.70. The summed E-state index contributed by atoms with van der Waals surface area (Å²) in [7, 11) is 0. The molecule has 0 aliphatic heterocycles. The number of halogens is 4. The van der Waals surface area contributed by atoms with Crippen LogP contribution in [0.15, 0.2) is 12.4 Å². The Kier molecular flexibility index (Phi) is 3.12. The topological polar surface area (TPSA) is 33.1 Å². The van der Waals surface area contributed by atoms with E-state index in [0.717, 1.165) is 6.20 Å². The van der Waals surface area contributed by atoms with Gasteiger partial charge in [0.1, 0.15) is 0 Å². The Hall–Kier alpha value is -0.370. The second-order valence-electron chi connectivity index (χ2n) is 2.32. The maximum atomic E-state index is 12.2. The van der Waals surface area contributed by atoms with Gasteiger partial charge in [-0.15, -0.1) is 0 Å². The average molecular weight is 303 g/mol. The highest BCUT2D eigenvalue weighted by molar-refractivity contribution is 14.1. The molecule has 2 nitrogen and oxygen atoms in total. The summed E-state index contributed by atoms with van der Waals surface area (Å²) in [6.45, 7) is -0.435. The summed E-state index contributed by atoms with van der Waals surface area (Å²) in [6, 6.07) is 0. The van der Waals surface area contributed by atoms with Crippen LogP contribution in [-0.2, 0) is 12.8 Å². The van der Waals surface area contributed by atoms with E-state index >= 15 is 0 Å². The molecule has 1 aromatic heterocycles. The molecule has 72 valence electrons. The molecule has 1 rings (SSSR count). The fourth-order valence-electron chi connectivity index (χ4n) is 0.796. The van der Waals surface area contributed by atoms with Crippen LogP contribution in [0.5, 0.6) is 0 Å².